The predicted octanol–water partition coefficient (Wildman–Crippen LogP) is 6.59. The van der Waals surface area contributed by atoms with Gasteiger partial charge in [-0.3, -0.25) is 14.0 Å². The highest BCUT2D eigenvalue weighted by atomic mass is 35.5. The zero-order chi connectivity index (χ0) is 28.4. The van der Waals surface area contributed by atoms with Crippen LogP contribution in [-0.2, 0) is 0 Å². The van der Waals surface area contributed by atoms with Crippen LogP contribution in [0.3, 0.4) is 0 Å². The second kappa shape index (κ2) is 10.7. The third-order valence-electron chi connectivity index (χ3n) is 5.59. The number of imidazole rings is 1. The molecular formula is C27H16ClF4N5O3. The summed E-state index contributed by atoms with van der Waals surface area (Å²) in [6.07, 6.45) is -0.341. The number of fused-ring (bicyclic) bond motifs is 1. The van der Waals surface area contributed by atoms with Gasteiger partial charge in [0.05, 0.1) is 16.9 Å². The molecule has 5 rings (SSSR count). The van der Waals surface area contributed by atoms with Crippen LogP contribution in [0, 0.1) is 5.82 Å². The summed E-state index contributed by atoms with van der Waals surface area (Å²) in [4.78, 5) is 33.9. The Labute approximate surface area is 228 Å². The molecule has 0 aliphatic carbocycles. The average Bonchev–Trinajstić information content (AvgIpc) is 3.35. The minimum Gasteiger partial charge on any atom is -0.406 e. The summed E-state index contributed by atoms with van der Waals surface area (Å²) < 4.78 is 56.6. The van der Waals surface area contributed by atoms with E-state index in [1.54, 1.807) is 34.9 Å². The first-order chi connectivity index (χ1) is 19.1. The highest BCUT2D eigenvalue weighted by Crippen LogP contribution is 2.27. The van der Waals surface area contributed by atoms with Crippen molar-refractivity contribution in [2.24, 2.45) is 0 Å². The Morgan fingerprint density at radius 2 is 1.65 bits per heavy atom. The zero-order valence-corrected chi connectivity index (χ0v) is 20.8. The molecule has 0 unspecified atom stereocenters. The second-order valence-corrected chi connectivity index (χ2v) is 8.71. The number of hydrogen-bond donors (Lipinski definition) is 2. The molecule has 2 aromatic heterocycles. The maximum absolute atomic E-state index is 13.4. The summed E-state index contributed by atoms with van der Waals surface area (Å²) in [5.74, 6) is -2.32. The molecule has 0 fully saturated rings. The summed E-state index contributed by atoms with van der Waals surface area (Å²) in [5, 5.41) is 5.11. The van der Waals surface area contributed by atoms with Crippen LogP contribution in [0.1, 0.15) is 20.7 Å². The number of benzene rings is 3. The van der Waals surface area contributed by atoms with Crippen LogP contribution < -0.4 is 15.4 Å². The fraction of sp³-hybridized carbons (Fsp3) is 0.0370. The number of hydrogen-bond acceptors (Lipinski definition) is 5. The van der Waals surface area contributed by atoms with Crippen LogP contribution in [0.2, 0.25) is 5.02 Å². The summed E-state index contributed by atoms with van der Waals surface area (Å²) in [6.45, 7) is 0. The molecule has 5 aromatic rings. The first-order valence-corrected chi connectivity index (χ1v) is 11.8. The highest BCUT2D eigenvalue weighted by Gasteiger charge is 2.31. The molecule has 0 atom stereocenters. The normalized spacial score (nSPS) is 11.3. The lowest BCUT2D eigenvalue weighted by molar-refractivity contribution is -0.274. The number of nitrogens with zero attached hydrogens (tertiary/aromatic N) is 3. The number of anilines is 2. The lowest BCUT2D eigenvalue weighted by atomic mass is 10.1. The van der Waals surface area contributed by atoms with Gasteiger partial charge in [-0.25, -0.2) is 14.4 Å². The van der Waals surface area contributed by atoms with Gasteiger partial charge >= 0.3 is 6.36 Å². The predicted molar refractivity (Wildman–Crippen MR) is 139 cm³/mol. The van der Waals surface area contributed by atoms with E-state index in [0.717, 1.165) is 18.2 Å². The molecule has 2 heterocycles. The molecule has 0 aliphatic heterocycles. The van der Waals surface area contributed by atoms with Crippen LogP contribution >= 0.6 is 11.6 Å². The van der Waals surface area contributed by atoms with E-state index in [-0.39, 0.29) is 27.6 Å². The Kier molecular flexibility index (Phi) is 7.09. The largest absolute Gasteiger partial charge is 0.573 e. The molecule has 40 heavy (non-hydrogen) atoms. The molecule has 0 spiro atoms. The van der Waals surface area contributed by atoms with Crippen molar-refractivity contribution >= 4 is 40.6 Å². The van der Waals surface area contributed by atoms with Crippen molar-refractivity contribution in [2.45, 2.75) is 6.36 Å². The van der Waals surface area contributed by atoms with Gasteiger partial charge in [0.1, 0.15) is 11.6 Å². The van der Waals surface area contributed by atoms with Crippen molar-refractivity contribution in [3.63, 3.8) is 0 Å². The van der Waals surface area contributed by atoms with Crippen LogP contribution in [0.25, 0.3) is 16.9 Å². The summed E-state index contributed by atoms with van der Waals surface area (Å²) in [5.41, 5.74) is 2.06. The minimum atomic E-state index is -4.90. The smallest absolute Gasteiger partial charge is 0.406 e. The fourth-order valence-corrected chi connectivity index (χ4v) is 4.01. The Bertz CT molecular complexity index is 1760. The molecule has 202 valence electrons. The van der Waals surface area contributed by atoms with E-state index in [1.807, 2.05) is 0 Å². The number of rotatable bonds is 6. The lowest BCUT2D eigenvalue weighted by Crippen LogP contribution is -2.18. The maximum Gasteiger partial charge on any atom is 0.573 e. The van der Waals surface area contributed by atoms with E-state index in [9.17, 15) is 27.2 Å². The quantitative estimate of drug-likeness (QED) is 0.225. The Balaban J connectivity index is 1.38. The molecule has 0 bridgehead atoms. The first-order valence-electron chi connectivity index (χ1n) is 11.4. The van der Waals surface area contributed by atoms with Crippen LogP contribution in [-0.4, -0.2) is 32.5 Å². The van der Waals surface area contributed by atoms with Crippen molar-refractivity contribution in [1.82, 2.24) is 14.4 Å². The number of carbonyl (C=O) groups excluding carboxylic acids is 2. The van der Waals surface area contributed by atoms with E-state index in [4.69, 9.17) is 11.6 Å². The number of halogens is 5. The van der Waals surface area contributed by atoms with Crippen molar-refractivity contribution < 1.29 is 31.9 Å². The third kappa shape index (κ3) is 5.86. The van der Waals surface area contributed by atoms with Gasteiger partial charge in [0.15, 0.2) is 11.5 Å². The van der Waals surface area contributed by atoms with Crippen molar-refractivity contribution in [1.29, 1.82) is 0 Å². The number of amides is 2. The van der Waals surface area contributed by atoms with Gasteiger partial charge in [-0.1, -0.05) is 29.8 Å². The summed E-state index contributed by atoms with van der Waals surface area (Å²) in [7, 11) is 0. The topological polar surface area (TPSA) is 97.6 Å². The SMILES string of the molecule is O=C(Nc1cccc(-c2cnc3c(NC(=O)c4cccc(OC(F)(F)F)c4)nccn23)c1)c1ccc(F)c(Cl)c1. The number of aromatic nitrogens is 3. The van der Waals surface area contributed by atoms with Crippen molar-refractivity contribution in [3.05, 3.63) is 107 Å². The molecule has 0 radical (unpaired) electrons. The highest BCUT2D eigenvalue weighted by molar-refractivity contribution is 6.31. The molecule has 0 saturated carbocycles. The van der Waals surface area contributed by atoms with Crippen LogP contribution in [0.15, 0.2) is 85.3 Å². The van der Waals surface area contributed by atoms with E-state index in [0.29, 0.717) is 16.9 Å². The van der Waals surface area contributed by atoms with Gasteiger partial charge in [0.2, 0.25) is 0 Å². The number of ether oxygens (including phenoxy) is 1. The Hall–Kier alpha value is -4.97. The van der Waals surface area contributed by atoms with Gasteiger partial charge in [0.25, 0.3) is 11.8 Å². The molecule has 3 aromatic carbocycles. The van der Waals surface area contributed by atoms with Gasteiger partial charge in [-0.2, -0.15) is 0 Å². The van der Waals surface area contributed by atoms with Crippen molar-refractivity contribution in [3.8, 4) is 17.0 Å². The van der Waals surface area contributed by atoms with E-state index in [2.05, 4.69) is 25.3 Å². The summed E-state index contributed by atoms with van der Waals surface area (Å²) in [6, 6.07) is 15.1. The van der Waals surface area contributed by atoms with Crippen LogP contribution in [0.5, 0.6) is 5.75 Å². The maximum atomic E-state index is 13.4. The lowest BCUT2D eigenvalue weighted by Gasteiger charge is -2.11. The van der Waals surface area contributed by atoms with E-state index in [1.165, 1.54) is 36.7 Å². The Morgan fingerprint density at radius 3 is 2.42 bits per heavy atom. The standard InChI is InChI=1S/C27H16ClF4N5O3/c28-20-13-17(7-8-21(20)29)25(38)35-18-5-1-3-15(11-18)22-14-34-24-23(33-9-10-37(22)24)36-26(39)16-4-2-6-19(12-16)40-27(30,31)32/h1-14H,(H,35,38)(H,33,36,39). The molecule has 0 aliphatic rings. The third-order valence-corrected chi connectivity index (χ3v) is 5.88. The molecular weight excluding hydrogens is 554 g/mol. The molecule has 13 heteroatoms. The average molecular weight is 570 g/mol. The van der Waals surface area contributed by atoms with Gasteiger partial charge in [0, 0.05) is 34.8 Å². The molecule has 8 nitrogen and oxygen atoms in total. The molecule has 2 N–H and O–H groups in total. The first kappa shape index (κ1) is 26.6. The fourth-order valence-electron chi connectivity index (χ4n) is 3.83. The van der Waals surface area contributed by atoms with Crippen molar-refractivity contribution in [2.75, 3.05) is 10.6 Å². The van der Waals surface area contributed by atoms with Gasteiger partial charge < -0.3 is 15.4 Å². The molecule has 2 amide bonds. The number of alkyl halides is 3. The molecule has 0 saturated heterocycles. The van der Waals surface area contributed by atoms with Gasteiger partial charge in [-0.05, 0) is 48.5 Å². The van der Waals surface area contributed by atoms with E-state index < -0.39 is 29.7 Å². The van der Waals surface area contributed by atoms with Crippen LogP contribution in [0.4, 0.5) is 29.1 Å². The minimum absolute atomic E-state index is 0.0681. The van der Waals surface area contributed by atoms with E-state index >= 15 is 0 Å². The number of carbonyl (C=O) groups is 2. The Morgan fingerprint density at radius 1 is 0.900 bits per heavy atom. The number of nitrogens with one attached hydrogen (secondary N) is 2. The summed E-state index contributed by atoms with van der Waals surface area (Å²) >= 11 is 5.78. The monoisotopic (exact) mass is 569 g/mol. The zero-order valence-electron chi connectivity index (χ0n) is 20.0. The second-order valence-electron chi connectivity index (χ2n) is 8.31. The van der Waals surface area contributed by atoms with Gasteiger partial charge in [-0.15, -0.1) is 13.2 Å².